The minimum Gasteiger partial charge on any atom is -0.331 e. The Balaban J connectivity index is 0.000000422. The summed E-state index contributed by atoms with van der Waals surface area (Å²) in [4.78, 5) is -0.0666. The van der Waals surface area contributed by atoms with Crippen molar-refractivity contribution < 1.29 is 30.4 Å². The first-order valence-electron chi connectivity index (χ1n) is 7.00. The minimum absolute atomic E-state index is 0.0666. The van der Waals surface area contributed by atoms with E-state index in [-0.39, 0.29) is 10.6 Å². The highest BCUT2D eigenvalue weighted by molar-refractivity contribution is 7.86. The predicted octanol–water partition coefficient (Wildman–Crippen LogP) is 1.60. The van der Waals surface area contributed by atoms with Crippen LogP contribution in [0.25, 0.3) is 0 Å². The summed E-state index contributed by atoms with van der Waals surface area (Å²) in [6.45, 7) is 2.77. The standard InChI is InChI=1S/C7H17NO3S.C7H8O3S/c1-8(2,3)6-4-5-7-12(9,10)11;1-6-2-4-7(5-3-6)11(8,9)10/h4-7H2,1-3H3;2-5H,1H3,(H,8,9,10)/p+1. The lowest BCUT2D eigenvalue weighted by Gasteiger charge is -2.23. The second-order valence-corrected chi connectivity index (χ2v) is 9.29. The van der Waals surface area contributed by atoms with Crippen LogP contribution in [0.4, 0.5) is 0 Å². The second-order valence-electron chi connectivity index (χ2n) is 6.30. The van der Waals surface area contributed by atoms with Crippen LogP contribution in [-0.4, -0.2) is 63.9 Å². The van der Waals surface area contributed by atoms with Crippen LogP contribution in [0.3, 0.4) is 0 Å². The van der Waals surface area contributed by atoms with Crippen LogP contribution in [0.2, 0.25) is 0 Å². The lowest BCUT2D eigenvalue weighted by molar-refractivity contribution is -0.870. The van der Waals surface area contributed by atoms with Crippen LogP contribution in [0.15, 0.2) is 29.2 Å². The van der Waals surface area contributed by atoms with E-state index in [0.29, 0.717) is 6.42 Å². The molecule has 0 aromatic heterocycles. The van der Waals surface area contributed by atoms with Gasteiger partial charge in [0.05, 0.1) is 38.3 Å². The van der Waals surface area contributed by atoms with Crippen molar-refractivity contribution in [2.45, 2.75) is 24.7 Å². The van der Waals surface area contributed by atoms with Crippen molar-refractivity contribution in [1.82, 2.24) is 0 Å². The molecule has 0 heterocycles. The summed E-state index contributed by atoms with van der Waals surface area (Å²) >= 11 is 0. The molecule has 0 aliphatic rings. The Bertz CT molecular complexity index is 673. The lowest BCUT2D eigenvalue weighted by Crippen LogP contribution is -2.35. The molecule has 1 aromatic carbocycles. The van der Waals surface area contributed by atoms with Gasteiger partial charge in [-0.2, -0.15) is 16.8 Å². The largest absolute Gasteiger partial charge is 0.331 e. The van der Waals surface area contributed by atoms with Crippen LogP contribution in [0, 0.1) is 6.92 Å². The third kappa shape index (κ3) is 13.2. The van der Waals surface area contributed by atoms with E-state index in [4.69, 9.17) is 9.11 Å². The molecule has 0 saturated carbocycles. The van der Waals surface area contributed by atoms with Gasteiger partial charge in [0.1, 0.15) is 0 Å². The fourth-order valence-corrected chi connectivity index (χ4v) is 2.63. The first-order valence-corrected chi connectivity index (χ1v) is 10.1. The Hall–Kier alpha value is -1.00. The van der Waals surface area contributed by atoms with E-state index in [9.17, 15) is 16.8 Å². The average Bonchev–Trinajstić information content (AvgIpc) is 2.33. The number of quaternary nitrogens is 1. The number of nitrogens with zero attached hydrogens (tertiary/aromatic N) is 1. The molecule has 2 N–H and O–H groups in total. The van der Waals surface area contributed by atoms with Crippen LogP contribution in [0.1, 0.15) is 18.4 Å². The maximum absolute atomic E-state index is 10.5. The number of rotatable bonds is 6. The normalized spacial score (nSPS) is 12.4. The molecular formula is C14H26NO6S2+. The van der Waals surface area contributed by atoms with Crippen molar-refractivity contribution in [2.75, 3.05) is 33.4 Å². The third-order valence-electron chi connectivity index (χ3n) is 2.80. The average molecular weight is 368 g/mol. The highest BCUT2D eigenvalue weighted by Gasteiger charge is 2.08. The molecule has 23 heavy (non-hydrogen) atoms. The SMILES string of the molecule is C[N+](C)(C)CCCCS(=O)(=O)O.Cc1ccc(S(=O)(=O)O)cc1. The van der Waals surface area contributed by atoms with Gasteiger partial charge in [-0.05, 0) is 31.9 Å². The molecular weight excluding hydrogens is 342 g/mol. The first kappa shape index (κ1) is 22.0. The summed E-state index contributed by atoms with van der Waals surface area (Å²) in [6, 6.07) is 5.99. The van der Waals surface area contributed by atoms with E-state index in [1.165, 1.54) is 12.1 Å². The molecule has 1 rings (SSSR count). The van der Waals surface area contributed by atoms with Crippen molar-refractivity contribution in [3.05, 3.63) is 29.8 Å². The van der Waals surface area contributed by atoms with Gasteiger partial charge >= 0.3 is 0 Å². The maximum atomic E-state index is 10.5. The minimum atomic E-state index is -4.02. The van der Waals surface area contributed by atoms with Crippen LogP contribution >= 0.6 is 0 Å². The van der Waals surface area contributed by atoms with Gasteiger partial charge in [0, 0.05) is 0 Å². The maximum Gasteiger partial charge on any atom is 0.294 e. The molecule has 0 fully saturated rings. The van der Waals surface area contributed by atoms with Gasteiger partial charge in [-0.25, -0.2) is 0 Å². The summed E-state index contributed by atoms with van der Waals surface area (Å²) in [7, 11) is -1.62. The van der Waals surface area contributed by atoms with Gasteiger partial charge in [0.25, 0.3) is 20.2 Å². The van der Waals surface area contributed by atoms with Gasteiger partial charge in [-0.3, -0.25) is 9.11 Å². The van der Waals surface area contributed by atoms with Gasteiger partial charge in [-0.15, -0.1) is 0 Å². The number of aryl methyl sites for hydroxylation is 1. The molecule has 134 valence electrons. The van der Waals surface area contributed by atoms with Crippen LogP contribution < -0.4 is 0 Å². The van der Waals surface area contributed by atoms with E-state index >= 15 is 0 Å². The van der Waals surface area contributed by atoms with Crippen molar-refractivity contribution >= 4 is 20.2 Å². The highest BCUT2D eigenvalue weighted by atomic mass is 32.2. The van der Waals surface area contributed by atoms with E-state index < -0.39 is 20.2 Å². The second kappa shape index (κ2) is 8.74. The summed E-state index contributed by atoms with van der Waals surface area (Å²) in [6.07, 6.45) is 1.36. The molecule has 0 atom stereocenters. The molecule has 0 aliphatic heterocycles. The zero-order chi connectivity index (χ0) is 18.3. The molecule has 0 amide bonds. The van der Waals surface area contributed by atoms with Crippen molar-refractivity contribution in [3.63, 3.8) is 0 Å². The molecule has 1 aromatic rings. The van der Waals surface area contributed by atoms with Gasteiger partial charge in [0.2, 0.25) is 0 Å². The molecule has 0 unspecified atom stereocenters. The zero-order valence-corrected chi connectivity index (χ0v) is 15.6. The number of benzene rings is 1. The molecule has 0 radical (unpaired) electrons. The Morgan fingerprint density at radius 3 is 1.74 bits per heavy atom. The van der Waals surface area contributed by atoms with Crippen molar-refractivity contribution in [1.29, 1.82) is 0 Å². The van der Waals surface area contributed by atoms with E-state index in [2.05, 4.69) is 0 Å². The molecule has 0 bridgehead atoms. The summed E-state index contributed by atoms with van der Waals surface area (Å²) in [5.74, 6) is -0.118. The topological polar surface area (TPSA) is 109 Å². The van der Waals surface area contributed by atoms with Crippen molar-refractivity contribution in [2.24, 2.45) is 0 Å². The lowest BCUT2D eigenvalue weighted by atomic mass is 10.2. The first-order chi connectivity index (χ1) is 10.2. The fourth-order valence-electron chi connectivity index (χ4n) is 1.58. The van der Waals surface area contributed by atoms with E-state index in [1.807, 2.05) is 28.1 Å². The quantitative estimate of drug-likeness (QED) is 0.448. The Labute approximate surface area is 139 Å². The molecule has 7 nitrogen and oxygen atoms in total. The predicted molar refractivity (Wildman–Crippen MR) is 89.5 cm³/mol. The van der Waals surface area contributed by atoms with Crippen LogP contribution in [-0.2, 0) is 20.2 Å². The molecule has 9 heteroatoms. The summed E-state index contributed by atoms with van der Waals surface area (Å²) in [5, 5.41) is 0. The Morgan fingerprint density at radius 1 is 0.913 bits per heavy atom. The molecule has 0 spiro atoms. The Kier molecular flexibility index (Phi) is 8.36. The smallest absolute Gasteiger partial charge is 0.294 e. The van der Waals surface area contributed by atoms with Crippen LogP contribution in [0.5, 0.6) is 0 Å². The Morgan fingerprint density at radius 2 is 1.39 bits per heavy atom. The van der Waals surface area contributed by atoms with Gasteiger partial charge in [0.15, 0.2) is 0 Å². The highest BCUT2D eigenvalue weighted by Crippen LogP contribution is 2.08. The van der Waals surface area contributed by atoms with Gasteiger partial charge < -0.3 is 4.48 Å². The molecule has 0 saturated heterocycles. The molecule has 0 aliphatic carbocycles. The third-order valence-corrected chi connectivity index (χ3v) is 4.47. The van der Waals surface area contributed by atoms with Gasteiger partial charge in [-0.1, -0.05) is 17.7 Å². The number of unbranched alkanes of at least 4 members (excludes halogenated alkanes) is 1. The monoisotopic (exact) mass is 368 g/mol. The van der Waals surface area contributed by atoms with E-state index in [1.54, 1.807) is 12.1 Å². The zero-order valence-electron chi connectivity index (χ0n) is 13.9. The number of hydrogen-bond acceptors (Lipinski definition) is 4. The fraction of sp³-hybridized carbons (Fsp3) is 0.571. The van der Waals surface area contributed by atoms with E-state index in [0.717, 1.165) is 23.0 Å². The summed E-state index contributed by atoms with van der Waals surface area (Å²) < 4.78 is 59.4. The summed E-state index contributed by atoms with van der Waals surface area (Å²) in [5.41, 5.74) is 0.956. The van der Waals surface area contributed by atoms with Crippen molar-refractivity contribution in [3.8, 4) is 0 Å². The number of hydrogen-bond donors (Lipinski definition) is 2.